The average Bonchev–Trinajstić information content (AvgIpc) is 2.53. The largest absolute Gasteiger partial charge is 0.478 e. The number of benzene rings is 1. The summed E-state index contributed by atoms with van der Waals surface area (Å²) >= 11 is 0. The van der Waals surface area contributed by atoms with Gasteiger partial charge in [-0.05, 0) is 32.0 Å². The summed E-state index contributed by atoms with van der Waals surface area (Å²) in [6.07, 6.45) is 0. The third-order valence-electron chi connectivity index (χ3n) is 2.68. The third-order valence-corrected chi connectivity index (χ3v) is 2.68. The molecule has 1 aromatic carbocycles. The van der Waals surface area contributed by atoms with Gasteiger partial charge in [-0.3, -0.25) is 9.59 Å². The molecule has 0 aromatic heterocycles. The molecule has 0 aliphatic rings. The van der Waals surface area contributed by atoms with Crippen molar-refractivity contribution in [2.75, 3.05) is 13.2 Å². The molecule has 23 heavy (non-hydrogen) atoms. The Morgan fingerprint density at radius 1 is 0.870 bits per heavy atom. The Morgan fingerprint density at radius 3 is 1.78 bits per heavy atom. The summed E-state index contributed by atoms with van der Waals surface area (Å²) in [7, 11) is 0. The van der Waals surface area contributed by atoms with Crippen LogP contribution in [0.4, 0.5) is 0 Å². The molecule has 8 nitrogen and oxygen atoms in total. The van der Waals surface area contributed by atoms with Crippen molar-refractivity contribution in [3.63, 3.8) is 0 Å². The zero-order chi connectivity index (χ0) is 17.6. The van der Waals surface area contributed by atoms with Gasteiger partial charge in [-0.15, -0.1) is 0 Å². The zero-order valence-corrected chi connectivity index (χ0v) is 12.5. The minimum Gasteiger partial charge on any atom is -0.478 e. The van der Waals surface area contributed by atoms with Crippen LogP contribution in [0, 0.1) is 0 Å². The second kappa shape index (κ2) is 7.83. The maximum absolute atomic E-state index is 12.0. The van der Waals surface area contributed by atoms with E-state index < -0.39 is 40.6 Å². The number of carboxylic acids is 1. The van der Waals surface area contributed by atoms with E-state index in [9.17, 15) is 24.0 Å². The van der Waals surface area contributed by atoms with Crippen LogP contribution in [0.25, 0.3) is 0 Å². The summed E-state index contributed by atoms with van der Waals surface area (Å²) in [4.78, 5) is 58.1. The highest BCUT2D eigenvalue weighted by molar-refractivity contribution is 6.47. The number of carbonyl (C=O) groups is 5. The molecule has 0 amide bonds. The third kappa shape index (κ3) is 4.22. The molecule has 0 bridgehead atoms. The lowest BCUT2D eigenvalue weighted by Gasteiger charge is -2.08. The summed E-state index contributed by atoms with van der Waals surface area (Å²) in [5.41, 5.74) is -1.27. The SMILES string of the molecule is CCOC(=O)C(=O)c1ccc(C(=O)O)cc1C(=O)C(=O)OCC. The standard InChI is InChI=1S/C15H14O8/c1-3-22-14(20)11(16)9-6-5-8(13(18)19)7-10(9)12(17)15(21)23-4-2/h5-7H,3-4H2,1-2H3,(H,18,19). The molecule has 0 heterocycles. The number of Topliss-reactive ketones (excluding diaryl/α,β-unsaturated/α-hetero) is 2. The zero-order valence-electron chi connectivity index (χ0n) is 12.5. The Bertz CT molecular complexity index is 674. The molecular weight excluding hydrogens is 308 g/mol. The van der Waals surface area contributed by atoms with E-state index in [0.717, 1.165) is 18.2 Å². The van der Waals surface area contributed by atoms with Gasteiger partial charge in [0.15, 0.2) is 0 Å². The van der Waals surface area contributed by atoms with E-state index in [-0.39, 0.29) is 18.8 Å². The first-order chi connectivity index (χ1) is 10.8. The van der Waals surface area contributed by atoms with Crippen LogP contribution < -0.4 is 0 Å². The highest BCUT2D eigenvalue weighted by Gasteiger charge is 2.28. The van der Waals surface area contributed by atoms with Crippen LogP contribution in [-0.2, 0) is 19.1 Å². The van der Waals surface area contributed by atoms with Gasteiger partial charge in [0, 0.05) is 11.1 Å². The van der Waals surface area contributed by atoms with Crippen molar-refractivity contribution >= 4 is 29.5 Å². The molecule has 0 fully saturated rings. The lowest BCUT2D eigenvalue weighted by atomic mass is 9.97. The van der Waals surface area contributed by atoms with E-state index in [1.807, 2.05) is 0 Å². The van der Waals surface area contributed by atoms with E-state index in [2.05, 4.69) is 9.47 Å². The second-order valence-corrected chi connectivity index (χ2v) is 4.16. The molecule has 1 N–H and O–H groups in total. The summed E-state index contributed by atoms with van der Waals surface area (Å²) in [6, 6.07) is 2.86. The minimum absolute atomic E-state index is 0.0566. The summed E-state index contributed by atoms with van der Waals surface area (Å²) < 4.78 is 9.08. The van der Waals surface area contributed by atoms with Crippen LogP contribution in [0.3, 0.4) is 0 Å². The van der Waals surface area contributed by atoms with Crippen molar-refractivity contribution in [2.24, 2.45) is 0 Å². The number of carbonyl (C=O) groups excluding carboxylic acids is 4. The normalized spacial score (nSPS) is 9.83. The van der Waals surface area contributed by atoms with Crippen LogP contribution in [0.1, 0.15) is 44.9 Å². The van der Waals surface area contributed by atoms with Crippen molar-refractivity contribution in [3.8, 4) is 0 Å². The number of esters is 2. The van der Waals surface area contributed by atoms with Gasteiger partial charge in [-0.25, -0.2) is 14.4 Å². The van der Waals surface area contributed by atoms with Crippen molar-refractivity contribution < 1.29 is 38.6 Å². The predicted molar refractivity (Wildman–Crippen MR) is 75.3 cm³/mol. The van der Waals surface area contributed by atoms with Gasteiger partial charge >= 0.3 is 17.9 Å². The molecule has 0 spiro atoms. The summed E-state index contributed by atoms with van der Waals surface area (Å²) in [6.45, 7) is 2.83. The van der Waals surface area contributed by atoms with Gasteiger partial charge in [0.25, 0.3) is 11.6 Å². The smallest absolute Gasteiger partial charge is 0.379 e. The molecule has 8 heteroatoms. The number of carboxylic acid groups (broad SMARTS) is 1. The Balaban J connectivity index is 3.37. The Hall–Kier alpha value is -3.03. The fraction of sp³-hybridized carbons (Fsp3) is 0.267. The van der Waals surface area contributed by atoms with Crippen LogP contribution in [0.5, 0.6) is 0 Å². The van der Waals surface area contributed by atoms with Gasteiger partial charge < -0.3 is 14.6 Å². The summed E-state index contributed by atoms with van der Waals surface area (Å²) in [5.74, 6) is -6.21. The Morgan fingerprint density at radius 2 is 1.35 bits per heavy atom. The Kier molecular flexibility index (Phi) is 6.13. The number of aromatic carboxylic acids is 1. The number of ether oxygens (including phenoxy) is 2. The molecule has 0 aliphatic carbocycles. The first-order valence-electron chi connectivity index (χ1n) is 6.63. The Labute approximate surface area is 131 Å². The van der Waals surface area contributed by atoms with Crippen LogP contribution in [0.15, 0.2) is 18.2 Å². The molecule has 0 saturated carbocycles. The van der Waals surface area contributed by atoms with Gasteiger partial charge in [0.1, 0.15) is 0 Å². The lowest BCUT2D eigenvalue weighted by molar-refractivity contribution is -0.138. The van der Waals surface area contributed by atoms with Crippen LogP contribution in [-0.4, -0.2) is 47.8 Å². The highest BCUT2D eigenvalue weighted by atomic mass is 16.5. The first kappa shape index (κ1) is 18.0. The van der Waals surface area contributed by atoms with Crippen LogP contribution in [0.2, 0.25) is 0 Å². The fourth-order valence-electron chi connectivity index (χ4n) is 1.68. The number of ketones is 2. The molecule has 0 atom stereocenters. The lowest BCUT2D eigenvalue weighted by Crippen LogP contribution is -2.24. The maximum Gasteiger partial charge on any atom is 0.379 e. The molecule has 0 radical (unpaired) electrons. The summed E-state index contributed by atoms with van der Waals surface area (Å²) in [5, 5.41) is 8.95. The minimum atomic E-state index is -1.36. The predicted octanol–water partition coefficient (Wildman–Crippen LogP) is 0.876. The van der Waals surface area contributed by atoms with E-state index in [4.69, 9.17) is 5.11 Å². The molecule has 0 aliphatic heterocycles. The maximum atomic E-state index is 12.0. The quantitative estimate of drug-likeness (QED) is 0.445. The number of hydrogen-bond donors (Lipinski definition) is 1. The average molecular weight is 322 g/mol. The molecule has 122 valence electrons. The highest BCUT2D eigenvalue weighted by Crippen LogP contribution is 2.16. The molecule has 1 rings (SSSR count). The van der Waals surface area contributed by atoms with E-state index in [0.29, 0.717) is 0 Å². The van der Waals surface area contributed by atoms with Gasteiger partial charge in [-0.2, -0.15) is 0 Å². The van der Waals surface area contributed by atoms with Gasteiger partial charge in [0.2, 0.25) is 0 Å². The fourth-order valence-corrected chi connectivity index (χ4v) is 1.68. The van der Waals surface area contributed by atoms with E-state index in [1.165, 1.54) is 13.8 Å². The van der Waals surface area contributed by atoms with Gasteiger partial charge in [0.05, 0.1) is 18.8 Å². The molecule has 0 saturated heterocycles. The van der Waals surface area contributed by atoms with Crippen molar-refractivity contribution in [2.45, 2.75) is 13.8 Å². The monoisotopic (exact) mass is 322 g/mol. The van der Waals surface area contributed by atoms with Crippen molar-refractivity contribution in [1.29, 1.82) is 0 Å². The second-order valence-electron chi connectivity index (χ2n) is 4.16. The topological polar surface area (TPSA) is 124 Å². The molecule has 1 aromatic rings. The van der Waals surface area contributed by atoms with Crippen molar-refractivity contribution in [1.82, 2.24) is 0 Å². The molecule has 0 unspecified atom stereocenters. The van der Waals surface area contributed by atoms with Crippen LogP contribution >= 0.6 is 0 Å². The number of rotatable bonds is 7. The van der Waals surface area contributed by atoms with Gasteiger partial charge in [-0.1, -0.05) is 0 Å². The number of hydrogen-bond acceptors (Lipinski definition) is 7. The molecular formula is C15H14O8. The van der Waals surface area contributed by atoms with E-state index >= 15 is 0 Å². The van der Waals surface area contributed by atoms with Crippen molar-refractivity contribution in [3.05, 3.63) is 34.9 Å². The first-order valence-corrected chi connectivity index (χ1v) is 6.63. The van der Waals surface area contributed by atoms with E-state index in [1.54, 1.807) is 0 Å².